The van der Waals surface area contributed by atoms with E-state index in [2.05, 4.69) is 11.6 Å². The maximum Gasteiger partial charge on any atom is 0.246 e. The molecule has 0 spiro atoms. The second kappa shape index (κ2) is 7.92. The van der Waals surface area contributed by atoms with Crippen molar-refractivity contribution in [1.29, 1.82) is 0 Å². The molecule has 4 nitrogen and oxygen atoms in total. The number of hydrogen-bond acceptors (Lipinski definition) is 4. The summed E-state index contributed by atoms with van der Waals surface area (Å²) >= 11 is 1.90. The van der Waals surface area contributed by atoms with Gasteiger partial charge in [0.05, 0.1) is 6.61 Å². The van der Waals surface area contributed by atoms with Gasteiger partial charge in [0.25, 0.3) is 0 Å². The van der Waals surface area contributed by atoms with Crippen molar-refractivity contribution in [3.05, 3.63) is 0 Å². The standard InChI is InChI=1S/C11H22N2O2S/c1-16-10-4-2-3-9(7-10)13-11(14)8-15-6-5-12/h9-10H,2-8,12H2,1H3,(H,13,14). The van der Waals surface area contributed by atoms with Crippen LogP contribution in [0, 0.1) is 0 Å². The van der Waals surface area contributed by atoms with Crippen molar-refractivity contribution < 1.29 is 9.53 Å². The van der Waals surface area contributed by atoms with Gasteiger partial charge < -0.3 is 15.8 Å². The summed E-state index contributed by atoms with van der Waals surface area (Å²) in [5.74, 6) is -0.0137. The van der Waals surface area contributed by atoms with Gasteiger partial charge in [-0.25, -0.2) is 0 Å². The van der Waals surface area contributed by atoms with Crippen LogP contribution in [0.3, 0.4) is 0 Å². The Hall–Kier alpha value is -0.260. The monoisotopic (exact) mass is 246 g/mol. The average molecular weight is 246 g/mol. The molecule has 2 unspecified atom stereocenters. The third kappa shape index (κ3) is 5.18. The van der Waals surface area contributed by atoms with Crippen LogP contribution in [0.5, 0.6) is 0 Å². The molecule has 94 valence electrons. The van der Waals surface area contributed by atoms with Gasteiger partial charge in [-0.3, -0.25) is 4.79 Å². The van der Waals surface area contributed by atoms with Crippen LogP contribution in [0.4, 0.5) is 0 Å². The molecule has 1 amide bonds. The van der Waals surface area contributed by atoms with Gasteiger partial charge in [-0.05, 0) is 25.5 Å². The second-order valence-corrected chi connectivity index (χ2v) is 5.27. The highest BCUT2D eigenvalue weighted by Crippen LogP contribution is 2.26. The van der Waals surface area contributed by atoms with Crippen LogP contribution in [0.15, 0.2) is 0 Å². The molecule has 0 heterocycles. The highest BCUT2D eigenvalue weighted by atomic mass is 32.2. The van der Waals surface area contributed by atoms with E-state index in [-0.39, 0.29) is 12.5 Å². The van der Waals surface area contributed by atoms with Gasteiger partial charge in [0, 0.05) is 17.8 Å². The summed E-state index contributed by atoms with van der Waals surface area (Å²) in [6.07, 6.45) is 6.81. The fourth-order valence-corrected chi connectivity index (χ4v) is 2.83. The lowest BCUT2D eigenvalue weighted by Gasteiger charge is -2.28. The summed E-state index contributed by atoms with van der Waals surface area (Å²) in [5.41, 5.74) is 5.28. The second-order valence-electron chi connectivity index (χ2n) is 4.13. The molecular weight excluding hydrogens is 224 g/mol. The number of carbonyl (C=O) groups excluding carboxylic acids is 1. The Bertz CT molecular complexity index is 214. The molecule has 2 atom stereocenters. The Morgan fingerprint density at radius 1 is 1.56 bits per heavy atom. The van der Waals surface area contributed by atoms with Crippen molar-refractivity contribution in [2.75, 3.05) is 26.0 Å². The molecule has 1 fully saturated rings. The highest BCUT2D eigenvalue weighted by Gasteiger charge is 2.22. The molecule has 0 aromatic heterocycles. The van der Waals surface area contributed by atoms with E-state index in [4.69, 9.17) is 10.5 Å². The Morgan fingerprint density at radius 3 is 3.06 bits per heavy atom. The number of carbonyl (C=O) groups is 1. The first-order valence-corrected chi connectivity index (χ1v) is 7.15. The maximum atomic E-state index is 11.5. The molecule has 1 rings (SSSR count). The van der Waals surface area contributed by atoms with Gasteiger partial charge in [-0.2, -0.15) is 11.8 Å². The predicted molar refractivity (Wildman–Crippen MR) is 67.6 cm³/mol. The van der Waals surface area contributed by atoms with Crippen LogP contribution < -0.4 is 11.1 Å². The smallest absolute Gasteiger partial charge is 0.246 e. The van der Waals surface area contributed by atoms with Crippen molar-refractivity contribution in [3.63, 3.8) is 0 Å². The number of ether oxygens (including phenoxy) is 1. The van der Waals surface area contributed by atoms with E-state index in [1.165, 1.54) is 12.8 Å². The molecule has 5 heteroatoms. The van der Waals surface area contributed by atoms with Gasteiger partial charge in [-0.1, -0.05) is 6.42 Å². The van der Waals surface area contributed by atoms with Crippen LogP contribution >= 0.6 is 11.8 Å². The molecule has 16 heavy (non-hydrogen) atoms. The number of nitrogens with two attached hydrogens (primary N) is 1. The summed E-state index contributed by atoms with van der Waals surface area (Å²) in [4.78, 5) is 11.5. The molecule has 0 saturated heterocycles. The molecule has 0 aliphatic heterocycles. The summed E-state index contributed by atoms with van der Waals surface area (Å²) in [7, 11) is 0. The first kappa shape index (κ1) is 13.8. The van der Waals surface area contributed by atoms with E-state index in [0.29, 0.717) is 24.4 Å². The van der Waals surface area contributed by atoms with Crippen molar-refractivity contribution in [3.8, 4) is 0 Å². The van der Waals surface area contributed by atoms with Crippen LogP contribution in [0.2, 0.25) is 0 Å². The van der Waals surface area contributed by atoms with Gasteiger partial charge in [0.2, 0.25) is 5.91 Å². The van der Waals surface area contributed by atoms with E-state index in [9.17, 15) is 4.79 Å². The zero-order valence-corrected chi connectivity index (χ0v) is 10.7. The Morgan fingerprint density at radius 2 is 2.38 bits per heavy atom. The number of hydrogen-bond donors (Lipinski definition) is 2. The topological polar surface area (TPSA) is 64.3 Å². The van der Waals surface area contributed by atoms with Crippen molar-refractivity contribution >= 4 is 17.7 Å². The normalized spacial score (nSPS) is 25.4. The van der Waals surface area contributed by atoms with Crippen LogP contribution in [-0.2, 0) is 9.53 Å². The van der Waals surface area contributed by atoms with E-state index in [0.717, 1.165) is 12.8 Å². The SMILES string of the molecule is CSC1CCCC(NC(=O)COCCN)C1. The number of thioether (sulfide) groups is 1. The first-order chi connectivity index (χ1) is 7.76. The highest BCUT2D eigenvalue weighted by molar-refractivity contribution is 7.99. The third-order valence-electron chi connectivity index (χ3n) is 2.82. The minimum Gasteiger partial charge on any atom is -0.370 e. The molecular formula is C11H22N2O2S. The average Bonchev–Trinajstić information content (AvgIpc) is 2.29. The van der Waals surface area contributed by atoms with Crippen molar-refractivity contribution in [1.82, 2.24) is 5.32 Å². The number of nitrogens with one attached hydrogen (secondary N) is 1. The number of amides is 1. The van der Waals surface area contributed by atoms with Crippen LogP contribution in [0.1, 0.15) is 25.7 Å². The summed E-state index contributed by atoms with van der Waals surface area (Å²) in [6.45, 7) is 1.05. The largest absolute Gasteiger partial charge is 0.370 e. The molecule has 3 N–H and O–H groups in total. The summed E-state index contributed by atoms with van der Waals surface area (Å²) < 4.78 is 5.10. The van der Waals surface area contributed by atoms with Gasteiger partial charge in [0.15, 0.2) is 0 Å². The Kier molecular flexibility index (Phi) is 6.84. The van der Waals surface area contributed by atoms with Crippen LogP contribution in [0.25, 0.3) is 0 Å². The summed E-state index contributed by atoms with van der Waals surface area (Å²) in [5, 5.41) is 3.72. The van der Waals surface area contributed by atoms with E-state index in [1.807, 2.05) is 11.8 Å². The number of rotatable bonds is 6. The molecule has 0 aromatic rings. The molecule has 1 aliphatic carbocycles. The van der Waals surface area contributed by atoms with E-state index in [1.54, 1.807) is 0 Å². The molecule has 0 radical (unpaired) electrons. The third-order valence-corrected chi connectivity index (χ3v) is 3.91. The minimum atomic E-state index is -0.0137. The lowest BCUT2D eigenvalue weighted by atomic mass is 9.95. The fourth-order valence-electron chi connectivity index (χ4n) is 2.01. The zero-order chi connectivity index (χ0) is 11.8. The Balaban J connectivity index is 2.17. The molecule has 0 aromatic carbocycles. The predicted octanol–water partition coefficient (Wildman–Crippen LogP) is 0.752. The zero-order valence-electron chi connectivity index (χ0n) is 9.91. The molecule has 0 bridgehead atoms. The lowest BCUT2D eigenvalue weighted by molar-refractivity contribution is -0.126. The van der Waals surface area contributed by atoms with Gasteiger partial charge in [-0.15, -0.1) is 0 Å². The van der Waals surface area contributed by atoms with E-state index < -0.39 is 0 Å². The van der Waals surface area contributed by atoms with Gasteiger partial charge in [0.1, 0.15) is 6.61 Å². The first-order valence-electron chi connectivity index (χ1n) is 5.86. The van der Waals surface area contributed by atoms with Crippen LogP contribution in [-0.4, -0.2) is 43.2 Å². The fraction of sp³-hybridized carbons (Fsp3) is 0.909. The molecule has 1 aliphatic rings. The van der Waals surface area contributed by atoms with E-state index >= 15 is 0 Å². The van der Waals surface area contributed by atoms with Gasteiger partial charge >= 0.3 is 0 Å². The summed E-state index contributed by atoms with van der Waals surface area (Å²) in [6, 6.07) is 0.333. The van der Waals surface area contributed by atoms with Crippen molar-refractivity contribution in [2.24, 2.45) is 5.73 Å². The molecule has 1 saturated carbocycles. The van der Waals surface area contributed by atoms with Crippen molar-refractivity contribution in [2.45, 2.75) is 37.0 Å². The quantitative estimate of drug-likeness (QED) is 0.679. The lowest BCUT2D eigenvalue weighted by Crippen LogP contribution is -2.41. The minimum absolute atomic E-state index is 0.0137. The maximum absolute atomic E-state index is 11.5. The Labute approximate surface area is 102 Å².